The highest BCUT2D eigenvalue weighted by Gasteiger charge is 2.44. The standard InChI is InChI=1S/C72H48BN3/c1-4-22-47(23-5-1)52-41-42-61(54-29-11-10-28-53(52)54)71-59-34-14-12-32-57(59)70(58-33-13-15-35-60(58)71)48-44-68-72-69(45-48)75(50-26-8-3-9-27-50)67-46-51(76-64-37-19-16-30-55(64)56-31-17-20-38-65(56)76)40-43-63(67)73(72)62-36-18-21-39-66(62)74(68)49-24-6-2-7-25-49/h1-46,52-53H. The fourth-order valence-corrected chi connectivity index (χ4v) is 13.6. The van der Waals surface area contributed by atoms with Crippen molar-refractivity contribution >= 4 is 106 Å². The summed E-state index contributed by atoms with van der Waals surface area (Å²) in [6.07, 6.45) is 14.1. The van der Waals surface area contributed by atoms with Gasteiger partial charge in [0.05, 0.1) is 11.0 Å². The molecular formula is C72H48BN3. The van der Waals surface area contributed by atoms with Crippen LogP contribution in [0.5, 0.6) is 0 Å². The Morgan fingerprint density at radius 3 is 1.49 bits per heavy atom. The van der Waals surface area contributed by atoms with Gasteiger partial charge in [-0.25, -0.2) is 0 Å². The maximum Gasteiger partial charge on any atom is 0.252 e. The average molecular weight is 966 g/mol. The summed E-state index contributed by atoms with van der Waals surface area (Å²) in [5.41, 5.74) is 22.1. The number of fused-ring (bicyclic) bond motifs is 10. The number of hydrogen-bond acceptors (Lipinski definition) is 2. The number of allylic oxidation sites excluding steroid dienone is 8. The van der Waals surface area contributed by atoms with Crippen molar-refractivity contribution in [2.45, 2.75) is 5.92 Å². The molecule has 4 aliphatic rings. The summed E-state index contributed by atoms with van der Waals surface area (Å²) in [4.78, 5) is 5.09. The minimum Gasteiger partial charge on any atom is -0.311 e. The second-order valence-electron chi connectivity index (χ2n) is 20.7. The zero-order chi connectivity index (χ0) is 49.8. The van der Waals surface area contributed by atoms with Gasteiger partial charge >= 0.3 is 0 Å². The van der Waals surface area contributed by atoms with E-state index in [9.17, 15) is 0 Å². The highest BCUT2D eigenvalue weighted by atomic mass is 15.2. The second-order valence-corrected chi connectivity index (χ2v) is 20.7. The number of anilines is 6. The SMILES string of the molecule is C1=CC2=C(c3c4ccccc4c(-c4cc5c6c(c4)N(c4ccccc4)c4cc(-n7c8ccccc8c8ccccc87)ccc4B6c4ccccc4N5c4ccccc4)c4ccccc34)C=CC(c3ccccc3)C2C=C1. The molecule has 4 heteroatoms. The molecule has 0 spiro atoms. The molecule has 2 atom stereocenters. The minimum absolute atomic E-state index is 0.0370. The van der Waals surface area contributed by atoms with Gasteiger partial charge in [-0.05, 0) is 138 Å². The van der Waals surface area contributed by atoms with Gasteiger partial charge in [-0.1, -0.05) is 212 Å². The van der Waals surface area contributed by atoms with Crippen LogP contribution in [0.15, 0.2) is 285 Å². The van der Waals surface area contributed by atoms with Gasteiger partial charge < -0.3 is 14.4 Å². The zero-order valence-corrected chi connectivity index (χ0v) is 41.6. The van der Waals surface area contributed by atoms with E-state index in [1.54, 1.807) is 0 Å². The Kier molecular flexibility index (Phi) is 9.56. The first-order valence-corrected chi connectivity index (χ1v) is 26.6. The summed E-state index contributed by atoms with van der Waals surface area (Å²) in [6, 6.07) is 90.4. The molecule has 2 unspecified atom stereocenters. The van der Waals surface area contributed by atoms with Gasteiger partial charge in [-0.15, -0.1) is 0 Å². The fourth-order valence-electron chi connectivity index (χ4n) is 13.6. The first-order valence-electron chi connectivity index (χ1n) is 26.6. The van der Waals surface area contributed by atoms with Crippen molar-refractivity contribution in [3.8, 4) is 16.8 Å². The predicted molar refractivity (Wildman–Crippen MR) is 322 cm³/mol. The summed E-state index contributed by atoms with van der Waals surface area (Å²) in [6.45, 7) is -0.0370. The van der Waals surface area contributed by atoms with Crippen molar-refractivity contribution in [2.24, 2.45) is 5.92 Å². The maximum absolute atomic E-state index is 2.56. The molecule has 3 nitrogen and oxygen atoms in total. The van der Waals surface area contributed by atoms with Crippen LogP contribution in [0, 0.1) is 5.92 Å². The molecule has 0 saturated heterocycles. The predicted octanol–water partition coefficient (Wildman–Crippen LogP) is 16.7. The molecule has 1 aromatic heterocycles. The van der Waals surface area contributed by atoms with Crippen molar-refractivity contribution in [1.82, 2.24) is 4.57 Å². The third-order valence-corrected chi connectivity index (χ3v) is 16.7. The van der Waals surface area contributed by atoms with Crippen LogP contribution in [-0.2, 0) is 0 Å². The largest absolute Gasteiger partial charge is 0.311 e. The van der Waals surface area contributed by atoms with E-state index in [1.165, 1.54) is 116 Å². The number of aromatic nitrogens is 1. The van der Waals surface area contributed by atoms with Crippen LogP contribution in [0.3, 0.4) is 0 Å². The van der Waals surface area contributed by atoms with E-state index < -0.39 is 0 Å². The Balaban J connectivity index is 0.991. The molecular weight excluding hydrogens is 918 g/mol. The molecule has 16 rings (SSSR count). The van der Waals surface area contributed by atoms with Gasteiger partial charge in [0.15, 0.2) is 0 Å². The molecule has 76 heavy (non-hydrogen) atoms. The Labute approximate surface area is 442 Å². The second kappa shape index (κ2) is 17.0. The van der Waals surface area contributed by atoms with Crippen molar-refractivity contribution in [3.05, 3.63) is 296 Å². The van der Waals surface area contributed by atoms with Crippen LogP contribution >= 0.6 is 0 Å². The lowest BCUT2D eigenvalue weighted by Gasteiger charge is -2.44. The van der Waals surface area contributed by atoms with Gasteiger partial charge in [-0.3, -0.25) is 0 Å². The molecule has 3 heterocycles. The number of nitrogens with zero attached hydrogens (tertiary/aromatic N) is 3. The van der Waals surface area contributed by atoms with Crippen LogP contribution in [0.4, 0.5) is 34.1 Å². The molecule has 354 valence electrons. The third-order valence-electron chi connectivity index (χ3n) is 16.7. The van der Waals surface area contributed by atoms with Crippen molar-refractivity contribution in [1.29, 1.82) is 0 Å². The number of benzene rings is 11. The van der Waals surface area contributed by atoms with E-state index >= 15 is 0 Å². The molecule has 0 fully saturated rings. The van der Waals surface area contributed by atoms with Gasteiger partial charge in [0.25, 0.3) is 6.71 Å². The molecule has 0 amide bonds. The van der Waals surface area contributed by atoms with Crippen molar-refractivity contribution in [3.63, 3.8) is 0 Å². The summed E-state index contributed by atoms with van der Waals surface area (Å²) in [5, 5.41) is 7.47. The van der Waals surface area contributed by atoms with E-state index in [2.05, 4.69) is 293 Å². The summed E-state index contributed by atoms with van der Waals surface area (Å²) < 4.78 is 2.46. The maximum atomic E-state index is 2.56. The normalized spacial score (nSPS) is 16.1. The molecule has 2 aliphatic heterocycles. The molecule has 2 aliphatic carbocycles. The number of para-hydroxylation sites is 5. The molecule has 0 saturated carbocycles. The Morgan fingerprint density at radius 1 is 0.342 bits per heavy atom. The van der Waals surface area contributed by atoms with Crippen LogP contribution in [0.25, 0.3) is 65.7 Å². The first kappa shape index (κ1) is 42.8. The number of hydrogen-bond donors (Lipinski definition) is 0. The lowest BCUT2D eigenvalue weighted by atomic mass is 9.33. The fraction of sp³-hybridized carbons (Fsp3) is 0.0278. The van der Waals surface area contributed by atoms with Crippen molar-refractivity contribution in [2.75, 3.05) is 9.80 Å². The van der Waals surface area contributed by atoms with Gasteiger partial charge in [0.2, 0.25) is 0 Å². The van der Waals surface area contributed by atoms with E-state index in [0.717, 1.165) is 17.1 Å². The van der Waals surface area contributed by atoms with E-state index in [0.29, 0.717) is 0 Å². The topological polar surface area (TPSA) is 11.4 Å². The van der Waals surface area contributed by atoms with Crippen LogP contribution in [0.1, 0.15) is 17.0 Å². The Morgan fingerprint density at radius 2 is 0.855 bits per heavy atom. The van der Waals surface area contributed by atoms with Gasteiger partial charge in [-0.2, -0.15) is 0 Å². The zero-order valence-electron chi connectivity index (χ0n) is 41.6. The van der Waals surface area contributed by atoms with E-state index in [4.69, 9.17) is 0 Å². The highest BCUT2D eigenvalue weighted by Crippen LogP contribution is 2.52. The average Bonchev–Trinajstić information content (AvgIpc) is 3.90. The summed E-state index contributed by atoms with van der Waals surface area (Å²) in [5.74, 6) is 0.475. The molecule has 0 radical (unpaired) electrons. The van der Waals surface area contributed by atoms with Crippen molar-refractivity contribution < 1.29 is 0 Å². The van der Waals surface area contributed by atoms with E-state index in [-0.39, 0.29) is 18.5 Å². The van der Waals surface area contributed by atoms with Crippen LogP contribution < -0.4 is 26.2 Å². The monoisotopic (exact) mass is 965 g/mol. The van der Waals surface area contributed by atoms with Crippen LogP contribution in [-0.4, -0.2) is 11.3 Å². The summed E-state index contributed by atoms with van der Waals surface area (Å²) in [7, 11) is 0. The highest BCUT2D eigenvalue weighted by molar-refractivity contribution is 7.00. The molecule has 11 aromatic carbocycles. The Hall–Kier alpha value is -9.64. The molecule has 0 N–H and O–H groups in total. The van der Waals surface area contributed by atoms with E-state index in [1.807, 2.05) is 0 Å². The quantitative estimate of drug-likeness (QED) is 0.122. The lowest BCUT2D eigenvalue weighted by molar-refractivity contribution is 0.674. The van der Waals surface area contributed by atoms with Gasteiger partial charge in [0.1, 0.15) is 0 Å². The van der Waals surface area contributed by atoms with Gasteiger partial charge in [0, 0.05) is 62.4 Å². The Bertz CT molecular complexity index is 4380. The molecule has 12 aromatic rings. The lowest BCUT2D eigenvalue weighted by Crippen LogP contribution is -2.61. The summed E-state index contributed by atoms with van der Waals surface area (Å²) >= 11 is 0. The number of rotatable bonds is 6. The molecule has 0 bridgehead atoms. The first-order chi connectivity index (χ1) is 37.8. The minimum atomic E-state index is -0.0370. The third kappa shape index (κ3) is 6.31. The smallest absolute Gasteiger partial charge is 0.252 e. The van der Waals surface area contributed by atoms with Crippen LogP contribution in [0.2, 0.25) is 0 Å².